The Morgan fingerprint density at radius 1 is 1.60 bits per heavy atom. The normalized spacial score (nSPS) is 18.6. The molecule has 2 rings (SSSR count). The lowest BCUT2D eigenvalue weighted by Crippen LogP contribution is -2.28. The Bertz CT molecular complexity index is 668. The van der Waals surface area contributed by atoms with Gasteiger partial charge in [0.2, 0.25) is 11.8 Å². The summed E-state index contributed by atoms with van der Waals surface area (Å²) in [7, 11) is 1.70. The molecule has 1 aromatic rings. The summed E-state index contributed by atoms with van der Waals surface area (Å²) in [5.74, 6) is 0.130. The maximum absolute atomic E-state index is 9.37. The number of hydrogen-bond acceptors (Lipinski definition) is 6. The SMILES string of the molecule is CNC1=C(C(C)=N)C(c2ccc(Br)s2)C(C#N)=C(N)O1. The number of thiophene rings is 1. The van der Waals surface area contributed by atoms with Crippen molar-refractivity contribution in [2.45, 2.75) is 12.8 Å². The fourth-order valence-electron chi connectivity index (χ4n) is 2.10. The number of nitriles is 1. The number of hydrogen-bond donors (Lipinski definition) is 3. The molecule has 7 heteroatoms. The molecule has 0 fully saturated rings. The number of nitrogens with zero attached hydrogens (tertiary/aromatic N) is 1. The maximum Gasteiger partial charge on any atom is 0.207 e. The molecule has 0 bridgehead atoms. The average molecular weight is 353 g/mol. The van der Waals surface area contributed by atoms with Gasteiger partial charge in [-0.15, -0.1) is 11.3 Å². The first-order valence-corrected chi connectivity index (χ1v) is 7.40. The predicted octanol–water partition coefficient (Wildman–Crippen LogP) is 2.79. The number of ether oxygens (including phenoxy) is 1. The van der Waals surface area contributed by atoms with E-state index in [0.29, 0.717) is 22.7 Å². The summed E-state index contributed by atoms with van der Waals surface area (Å²) < 4.78 is 6.39. The maximum atomic E-state index is 9.37. The Balaban J connectivity index is 2.66. The Morgan fingerprint density at radius 2 is 2.30 bits per heavy atom. The summed E-state index contributed by atoms with van der Waals surface area (Å²) in [4.78, 5) is 0.939. The highest BCUT2D eigenvalue weighted by Gasteiger charge is 2.34. The van der Waals surface area contributed by atoms with Crippen LogP contribution in [0, 0.1) is 16.7 Å². The first-order valence-electron chi connectivity index (χ1n) is 5.79. The van der Waals surface area contributed by atoms with Crippen LogP contribution in [0.25, 0.3) is 0 Å². The minimum atomic E-state index is -0.370. The Labute approximate surface area is 129 Å². The van der Waals surface area contributed by atoms with Crippen molar-refractivity contribution in [3.8, 4) is 6.07 Å². The predicted molar refractivity (Wildman–Crippen MR) is 82.2 cm³/mol. The Kier molecular flexibility index (Phi) is 4.16. The van der Waals surface area contributed by atoms with Gasteiger partial charge in [0, 0.05) is 23.2 Å². The molecule has 0 amide bonds. The topological polar surface area (TPSA) is 94.9 Å². The second-order valence-corrected chi connectivity index (χ2v) is 6.68. The smallest absolute Gasteiger partial charge is 0.207 e. The van der Waals surface area contributed by atoms with Gasteiger partial charge in [-0.25, -0.2) is 0 Å². The number of nitrogens with two attached hydrogens (primary N) is 1. The van der Waals surface area contributed by atoms with E-state index < -0.39 is 0 Å². The van der Waals surface area contributed by atoms with E-state index in [4.69, 9.17) is 15.9 Å². The van der Waals surface area contributed by atoms with Crippen molar-refractivity contribution in [1.82, 2.24) is 5.32 Å². The number of allylic oxidation sites excluding steroid dienone is 2. The van der Waals surface area contributed by atoms with Crippen LogP contribution < -0.4 is 11.1 Å². The molecule has 1 aliphatic rings. The summed E-state index contributed by atoms with van der Waals surface area (Å²) in [6.07, 6.45) is 0. The molecule has 1 unspecified atom stereocenters. The molecule has 0 saturated heterocycles. The van der Waals surface area contributed by atoms with E-state index in [1.165, 1.54) is 11.3 Å². The summed E-state index contributed by atoms with van der Waals surface area (Å²) in [5, 5.41) is 20.3. The van der Waals surface area contributed by atoms with Crippen LogP contribution in [0.4, 0.5) is 0 Å². The van der Waals surface area contributed by atoms with E-state index in [1.807, 2.05) is 12.1 Å². The van der Waals surface area contributed by atoms with Gasteiger partial charge in [0.1, 0.15) is 11.6 Å². The van der Waals surface area contributed by atoms with Gasteiger partial charge in [0.05, 0.1) is 9.70 Å². The lowest BCUT2D eigenvalue weighted by molar-refractivity contribution is 0.259. The lowest BCUT2D eigenvalue weighted by Gasteiger charge is -2.27. The van der Waals surface area contributed by atoms with E-state index in [1.54, 1.807) is 14.0 Å². The summed E-state index contributed by atoms with van der Waals surface area (Å²) in [6.45, 7) is 1.67. The van der Waals surface area contributed by atoms with Crippen LogP contribution in [0.3, 0.4) is 0 Å². The molecule has 0 radical (unpaired) electrons. The van der Waals surface area contributed by atoms with E-state index in [9.17, 15) is 5.26 Å². The molecule has 0 aliphatic carbocycles. The number of nitrogens with one attached hydrogen (secondary N) is 2. The van der Waals surface area contributed by atoms with Gasteiger partial charge in [-0.2, -0.15) is 5.26 Å². The van der Waals surface area contributed by atoms with Gasteiger partial charge in [0.25, 0.3) is 0 Å². The van der Waals surface area contributed by atoms with E-state index in [0.717, 1.165) is 8.66 Å². The van der Waals surface area contributed by atoms with Gasteiger partial charge >= 0.3 is 0 Å². The van der Waals surface area contributed by atoms with Crippen molar-refractivity contribution >= 4 is 33.0 Å². The molecule has 104 valence electrons. The molecule has 20 heavy (non-hydrogen) atoms. The van der Waals surface area contributed by atoms with Crippen LogP contribution in [0.5, 0.6) is 0 Å². The van der Waals surface area contributed by atoms with Crippen molar-refractivity contribution in [3.05, 3.63) is 43.7 Å². The molecule has 0 spiro atoms. The van der Waals surface area contributed by atoms with Crippen molar-refractivity contribution < 1.29 is 4.74 Å². The molecule has 5 nitrogen and oxygen atoms in total. The second kappa shape index (κ2) is 5.69. The molecule has 0 saturated carbocycles. The Hall–Kier alpha value is -1.78. The third-order valence-electron chi connectivity index (χ3n) is 2.93. The number of halogens is 1. The summed E-state index contributed by atoms with van der Waals surface area (Å²) in [6, 6.07) is 5.94. The first kappa shape index (κ1) is 14.6. The minimum absolute atomic E-state index is 0.0800. The molecule has 0 aromatic carbocycles. The highest BCUT2D eigenvalue weighted by Crippen LogP contribution is 2.42. The van der Waals surface area contributed by atoms with Gasteiger partial charge < -0.3 is 21.2 Å². The highest BCUT2D eigenvalue weighted by molar-refractivity contribution is 9.11. The summed E-state index contributed by atoms with van der Waals surface area (Å²) in [5.41, 5.74) is 7.14. The third kappa shape index (κ3) is 2.44. The third-order valence-corrected chi connectivity index (χ3v) is 4.62. The van der Waals surface area contributed by atoms with E-state index in [-0.39, 0.29) is 11.8 Å². The van der Waals surface area contributed by atoms with Gasteiger partial charge in [-0.05, 0) is 35.0 Å². The zero-order valence-electron chi connectivity index (χ0n) is 11.0. The zero-order valence-corrected chi connectivity index (χ0v) is 13.4. The van der Waals surface area contributed by atoms with Crippen LogP contribution in [0.2, 0.25) is 0 Å². The van der Waals surface area contributed by atoms with Gasteiger partial charge in [-0.3, -0.25) is 0 Å². The van der Waals surface area contributed by atoms with Crippen molar-refractivity contribution in [3.63, 3.8) is 0 Å². The van der Waals surface area contributed by atoms with Crippen LogP contribution in [-0.4, -0.2) is 12.8 Å². The van der Waals surface area contributed by atoms with Gasteiger partial charge in [-0.1, -0.05) is 0 Å². The monoisotopic (exact) mass is 352 g/mol. The van der Waals surface area contributed by atoms with E-state index >= 15 is 0 Å². The second-order valence-electron chi connectivity index (χ2n) is 4.18. The van der Waals surface area contributed by atoms with Crippen LogP contribution in [0.15, 0.2) is 38.8 Å². The van der Waals surface area contributed by atoms with Crippen LogP contribution in [-0.2, 0) is 4.74 Å². The van der Waals surface area contributed by atoms with Crippen molar-refractivity contribution in [2.24, 2.45) is 5.73 Å². The van der Waals surface area contributed by atoms with E-state index in [2.05, 4.69) is 27.3 Å². The highest BCUT2D eigenvalue weighted by atomic mass is 79.9. The lowest BCUT2D eigenvalue weighted by atomic mass is 9.86. The van der Waals surface area contributed by atoms with Crippen molar-refractivity contribution in [1.29, 1.82) is 10.7 Å². The molecular weight excluding hydrogens is 340 g/mol. The van der Waals surface area contributed by atoms with Crippen LogP contribution in [0.1, 0.15) is 17.7 Å². The number of rotatable bonds is 3. The zero-order chi connectivity index (χ0) is 14.9. The standard InChI is InChI=1S/C13H13BrN4OS/c1-6(16)10-11(8-3-4-9(14)20-8)7(5-15)12(17)19-13(10)18-2/h3-4,11,16,18H,17H2,1-2H3. The molecule has 1 aliphatic heterocycles. The first-order chi connectivity index (χ1) is 9.49. The minimum Gasteiger partial charge on any atom is -0.424 e. The summed E-state index contributed by atoms with van der Waals surface area (Å²) >= 11 is 4.93. The molecule has 1 aromatic heterocycles. The fourth-order valence-corrected chi connectivity index (χ4v) is 3.64. The van der Waals surface area contributed by atoms with Crippen LogP contribution >= 0.6 is 27.3 Å². The molecule has 1 atom stereocenters. The fraction of sp³-hybridized carbons (Fsp3) is 0.231. The van der Waals surface area contributed by atoms with Crippen molar-refractivity contribution in [2.75, 3.05) is 7.05 Å². The average Bonchev–Trinajstić information content (AvgIpc) is 2.83. The Morgan fingerprint density at radius 3 is 2.75 bits per heavy atom. The van der Waals surface area contributed by atoms with Gasteiger partial charge in [0.15, 0.2) is 0 Å². The quantitative estimate of drug-likeness (QED) is 0.728. The molecular formula is C13H13BrN4OS. The molecule has 4 N–H and O–H groups in total. The largest absolute Gasteiger partial charge is 0.424 e. The molecule has 2 heterocycles.